The normalized spacial score (nSPS) is 11.6. The van der Waals surface area contributed by atoms with Crippen molar-refractivity contribution < 1.29 is 4.39 Å². The first kappa shape index (κ1) is 11.6. The van der Waals surface area contributed by atoms with Crippen LogP contribution in [0.4, 0.5) is 4.39 Å². The average Bonchev–Trinajstić information content (AvgIpc) is 2.58. The van der Waals surface area contributed by atoms with Crippen molar-refractivity contribution in [1.29, 1.82) is 0 Å². The largest absolute Gasteiger partial charge is 0.315 e. The van der Waals surface area contributed by atoms with Gasteiger partial charge in [0, 0.05) is 11.4 Å². The van der Waals surface area contributed by atoms with Crippen molar-refractivity contribution in [1.82, 2.24) is 5.32 Å². The van der Waals surface area contributed by atoms with Crippen LogP contribution in [0, 0.1) is 5.82 Å². The van der Waals surface area contributed by atoms with Gasteiger partial charge in [-0.2, -0.15) is 0 Å². The fourth-order valence-corrected chi connectivity index (χ4v) is 3.45. The first-order valence-electron chi connectivity index (χ1n) is 5.49. The van der Waals surface area contributed by atoms with Gasteiger partial charge in [0.2, 0.25) is 0 Å². The predicted molar refractivity (Wildman–Crippen MR) is 68.6 cm³/mol. The minimum Gasteiger partial charge on any atom is -0.315 e. The minimum absolute atomic E-state index is 0.105. The number of fused-ring (bicyclic) bond motifs is 1. The van der Waals surface area contributed by atoms with Gasteiger partial charge in [0.05, 0.1) is 4.70 Å². The number of benzene rings is 1. The van der Waals surface area contributed by atoms with Gasteiger partial charge in [0.15, 0.2) is 0 Å². The Balaban J connectivity index is 2.70. The molecule has 0 amide bonds. The van der Waals surface area contributed by atoms with Gasteiger partial charge in [-0.3, -0.25) is 0 Å². The summed E-state index contributed by atoms with van der Waals surface area (Å²) in [5.74, 6) is 0.325. The number of nitrogens with one attached hydrogen (secondary N) is 1. The van der Waals surface area contributed by atoms with Crippen molar-refractivity contribution in [3.8, 4) is 0 Å². The molecule has 0 aliphatic carbocycles. The number of rotatable bonds is 3. The fourth-order valence-electron chi connectivity index (χ4n) is 2.08. The standard InChI is InChI=1S/C13H16FNS/c1-8(2)12-9-5-4-6-10(14)13(9)16-11(12)7-15-3/h4-6,8,15H,7H2,1-3H3. The summed E-state index contributed by atoms with van der Waals surface area (Å²) in [6.45, 7) is 5.13. The van der Waals surface area contributed by atoms with Gasteiger partial charge in [-0.15, -0.1) is 11.3 Å². The van der Waals surface area contributed by atoms with Gasteiger partial charge in [0.1, 0.15) is 5.82 Å². The molecule has 0 bridgehead atoms. The van der Waals surface area contributed by atoms with Crippen LogP contribution in [0.3, 0.4) is 0 Å². The maximum absolute atomic E-state index is 13.7. The Labute approximate surface area is 99.3 Å². The van der Waals surface area contributed by atoms with E-state index in [0.29, 0.717) is 5.92 Å². The second-order valence-electron chi connectivity index (χ2n) is 4.24. The van der Waals surface area contributed by atoms with E-state index in [0.717, 1.165) is 16.6 Å². The highest BCUT2D eigenvalue weighted by molar-refractivity contribution is 7.19. The number of halogens is 1. The second-order valence-corrected chi connectivity index (χ2v) is 5.35. The minimum atomic E-state index is -0.105. The molecule has 0 aliphatic heterocycles. The molecule has 0 spiro atoms. The third kappa shape index (κ3) is 1.85. The lowest BCUT2D eigenvalue weighted by molar-refractivity contribution is 0.641. The van der Waals surface area contributed by atoms with Crippen molar-refractivity contribution in [3.63, 3.8) is 0 Å². The van der Waals surface area contributed by atoms with E-state index in [9.17, 15) is 4.39 Å². The van der Waals surface area contributed by atoms with Gasteiger partial charge in [-0.25, -0.2) is 4.39 Å². The second kappa shape index (κ2) is 4.52. The number of hydrogen-bond acceptors (Lipinski definition) is 2. The Kier molecular flexibility index (Phi) is 3.26. The van der Waals surface area contributed by atoms with Crippen molar-refractivity contribution in [3.05, 3.63) is 34.5 Å². The molecule has 0 aliphatic rings. The zero-order chi connectivity index (χ0) is 11.7. The highest BCUT2D eigenvalue weighted by atomic mass is 32.1. The summed E-state index contributed by atoms with van der Waals surface area (Å²) in [5.41, 5.74) is 1.29. The van der Waals surface area contributed by atoms with Crippen LogP contribution < -0.4 is 5.32 Å². The Morgan fingerprint density at radius 3 is 2.75 bits per heavy atom. The molecular weight excluding hydrogens is 221 g/mol. The van der Waals surface area contributed by atoms with Crippen molar-refractivity contribution in [2.45, 2.75) is 26.3 Å². The summed E-state index contributed by atoms with van der Waals surface area (Å²) in [6.07, 6.45) is 0. The molecule has 1 aromatic carbocycles. The Morgan fingerprint density at radius 1 is 1.38 bits per heavy atom. The third-order valence-corrected chi connectivity index (χ3v) is 3.93. The van der Waals surface area contributed by atoms with Crippen molar-refractivity contribution in [2.24, 2.45) is 0 Å². The highest BCUT2D eigenvalue weighted by Crippen LogP contribution is 2.37. The van der Waals surface area contributed by atoms with E-state index in [4.69, 9.17) is 0 Å². The SMILES string of the molecule is CNCc1sc2c(F)cccc2c1C(C)C. The summed E-state index contributed by atoms with van der Waals surface area (Å²) < 4.78 is 14.5. The molecule has 0 radical (unpaired) electrons. The molecule has 2 rings (SSSR count). The maximum atomic E-state index is 13.7. The molecule has 0 saturated carbocycles. The quantitative estimate of drug-likeness (QED) is 0.854. The first-order chi connectivity index (χ1) is 7.65. The van der Waals surface area contributed by atoms with Gasteiger partial charge in [0.25, 0.3) is 0 Å². The molecule has 0 saturated heterocycles. The molecule has 3 heteroatoms. The third-order valence-electron chi connectivity index (χ3n) is 2.70. The smallest absolute Gasteiger partial charge is 0.141 e. The van der Waals surface area contributed by atoms with Crippen molar-refractivity contribution in [2.75, 3.05) is 7.05 Å². The molecule has 16 heavy (non-hydrogen) atoms. The molecular formula is C13H16FNS. The van der Waals surface area contributed by atoms with Crippen molar-refractivity contribution >= 4 is 21.4 Å². The van der Waals surface area contributed by atoms with Crippen LogP contribution in [0.1, 0.15) is 30.2 Å². The van der Waals surface area contributed by atoms with Crippen LogP contribution in [-0.2, 0) is 6.54 Å². The van der Waals surface area contributed by atoms with Gasteiger partial charge in [-0.05, 0) is 30.0 Å². The van der Waals surface area contributed by atoms with Crippen LogP contribution in [0.15, 0.2) is 18.2 Å². The van der Waals surface area contributed by atoms with Crippen LogP contribution in [-0.4, -0.2) is 7.05 Å². The van der Waals surface area contributed by atoms with E-state index in [1.807, 2.05) is 13.1 Å². The Bertz CT molecular complexity index is 502. The summed E-state index contributed by atoms with van der Waals surface area (Å²) in [6, 6.07) is 5.34. The summed E-state index contributed by atoms with van der Waals surface area (Å²) in [4.78, 5) is 1.25. The first-order valence-corrected chi connectivity index (χ1v) is 6.31. The monoisotopic (exact) mass is 237 g/mol. The van der Waals surface area contributed by atoms with Gasteiger partial charge < -0.3 is 5.32 Å². The zero-order valence-electron chi connectivity index (χ0n) is 9.80. The van der Waals surface area contributed by atoms with Crippen LogP contribution in [0.2, 0.25) is 0 Å². The van der Waals surface area contributed by atoms with E-state index >= 15 is 0 Å². The summed E-state index contributed by atoms with van der Waals surface area (Å²) >= 11 is 1.57. The highest BCUT2D eigenvalue weighted by Gasteiger charge is 2.16. The molecule has 0 fully saturated rings. The molecule has 1 aromatic heterocycles. The number of thiophene rings is 1. The van der Waals surface area contributed by atoms with Gasteiger partial charge in [-0.1, -0.05) is 26.0 Å². The molecule has 1 nitrogen and oxygen atoms in total. The zero-order valence-corrected chi connectivity index (χ0v) is 10.6. The molecule has 0 atom stereocenters. The Hall–Kier alpha value is -0.930. The molecule has 1 heterocycles. The average molecular weight is 237 g/mol. The lowest BCUT2D eigenvalue weighted by Crippen LogP contribution is -2.05. The van der Waals surface area contributed by atoms with E-state index < -0.39 is 0 Å². The molecule has 0 unspecified atom stereocenters. The summed E-state index contributed by atoms with van der Waals surface area (Å²) in [7, 11) is 1.92. The fraction of sp³-hybridized carbons (Fsp3) is 0.385. The van der Waals surface area contributed by atoms with E-state index in [2.05, 4.69) is 19.2 Å². The van der Waals surface area contributed by atoms with Crippen LogP contribution >= 0.6 is 11.3 Å². The van der Waals surface area contributed by atoms with Crippen LogP contribution in [0.5, 0.6) is 0 Å². The molecule has 1 N–H and O–H groups in total. The maximum Gasteiger partial charge on any atom is 0.141 e. The van der Waals surface area contributed by atoms with E-state index in [-0.39, 0.29) is 5.82 Å². The van der Waals surface area contributed by atoms with E-state index in [1.54, 1.807) is 17.4 Å². The molecule has 86 valence electrons. The van der Waals surface area contributed by atoms with Crippen LogP contribution in [0.25, 0.3) is 10.1 Å². The summed E-state index contributed by atoms with van der Waals surface area (Å²) in [5, 5.41) is 4.22. The Morgan fingerprint density at radius 2 is 2.12 bits per heavy atom. The predicted octanol–water partition coefficient (Wildman–Crippen LogP) is 3.88. The lowest BCUT2D eigenvalue weighted by atomic mass is 9.99. The lowest BCUT2D eigenvalue weighted by Gasteiger charge is -2.07. The van der Waals surface area contributed by atoms with E-state index in [1.165, 1.54) is 16.5 Å². The molecule has 2 aromatic rings. The number of hydrogen-bond donors (Lipinski definition) is 1. The topological polar surface area (TPSA) is 12.0 Å². The van der Waals surface area contributed by atoms with Gasteiger partial charge >= 0.3 is 0 Å².